The van der Waals surface area contributed by atoms with Crippen LogP contribution in [0.15, 0.2) is 12.4 Å². The summed E-state index contributed by atoms with van der Waals surface area (Å²) in [7, 11) is 0. The maximum atomic E-state index is 5.77. The summed E-state index contributed by atoms with van der Waals surface area (Å²) in [5, 5.41) is 3.39. The molecule has 1 saturated heterocycles. The predicted molar refractivity (Wildman–Crippen MR) is 64.6 cm³/mol. The Hall–Kier alpha value is -0.910. The van der Waals surface area contributed by atoms with Crippen molar-refractivity contribution in [3.63, 3.8) is 0 Å². The Morgan fingerprint density at radius 1 is 1.53 bits per heavy atom. The van der Waals surface area contributed by atoms with Gasteiger partial charge in [-0.2, -0.15) is 0 Å². The Labute approximate surface area is 102 Å². The van der Waals surface area contributed by atoms with Crippen molar-refractivity contribution in [3.8, 4) is 0 Å². The lowest BCUT2D eigenvalue weighted by Crippen LogP contribution is -2.47. The van der Waals surface area contributed by atoms with Crippen LogP contribution >= 0.6 is 0 Å². The van der Waals surface area contributed by atoms with E-state index in [1.54, 1.807) is 6.20 Å². The van der Waals surface area contributed by atoms with Crippen LogP contribution in [-0.2, 0) is 11.3 Å². The minimum absolute atomic E-state index is 0.333. The number of hydrogen-bond donors (Lipinski definition) is 2. The van der Waals surface area contributed by atoms with E-state index in [2.05, 4.69) is 20.2 Å². The molecule has 2 aliphatic rings. The molecule has 1 aromatic heterocycles. The molecule has 1 aliphatic heterocycles. The van der Waals surface area contributed by atoms with Crippen LogP contribution in [0, 0.1) is 0 Å². The molecule has 1 aliphatic carbocycles. The molecular weight excluding hydrogens is 216 g/mol. The predicted octanol–water partition coefficient (Wildman–Crippen LogP) is 0.362. The molecule has 2 N–H and O–H groups in total. The fourth-order valence-electron chi connectivity index (χ4n) is 2.38. The lowest BCUT2D eigenvalue weighted by atomic mass is 10.2. The summed E-state index contributed by atoms with van der Waals surface area (Å²) in [6.07, 6.45) is 6.73. The molecule has 0 aromatic carbocycles. The highest BCUT2D eigenvalue weighted by Gasteiger charge is 2.32. The number of aromatic nitrogens is 2. The van der Waals surface area contributed by atoms with Gasteiger partial charge in [-0.15, -0.1) is 0 Å². The average Bonchev–Trinajstić information content (AvgIpc) is 3.09. The van der Waals surface area contributed by atoms with Crippen molar-refractivity contribution < 1.29 is 4.74 Å². The zero-order valence-corrected chi connectivity index (χ0v) is 10.1. The second-order valence-electron chi connectivity index (χ2n) is 4.89. The van der Waals surface area contributed by atoms with Crippen molar-refractivity contribution in [2.24, 2.45) is 0 Å². The maximum absolute atomic E-state index is 5.77. The third kappa shape index (κ3) is 3.06. The number of H-pyrrole nitrogens is 1. The van der Waals surface area contributed by atoms with Gasteiger partial charge in [0.2, 0.25) is 0 Å². The molecule has 94 valence electrons. The van der Waals surface area contributed by atoms with Gasteiger partial charge in [0.25, 0.3) is 0 Å². The summed E-state index contributed by atoms with van der Waals surface area (Å²) < 4.78 is 5.77. The van der Waals surface area contributed by atoms with Gasteiger partial charge < -0.3 is 15.0 Å². The van der Waals surface area contributed by atoms with Crippen molar-refractivity contribution >= 4 is 0 Å². The van der Waals surface area contributed by atoms with Crippen molar-refractivity contribution in [2.75, 3.05) is 26.2 Å². The summed E-state index contributed by atoms with van der Waals surface area (Å²) in [6.45, 7) is 4.76. The van der Waals surface area contributed by atoms with Gasteiger partial charge in [-0.25, -0.2) is 4.98 Å². The van der Waals surface area contributed by atoms with Crippen molar-refractivity contribution in [2.45, 2.75) is 31.5 Å². The van der Waals surface area contributed by atoms with E-state index >= 15 is 0 Å². The highest BCUT2D eigenvalue weighted by molar-refractivity contribution is 4.89. The van der Waals surface area contributed by atoms with Gasteiger partial charge in [0.05, 0.1) is 19.3 Å². The van der Waals surface area contributed by atoms with Crippen LogP contribution in [0.1, 0.15) is 18.7 Å². The molecule has 0 radical (unpaired) electrons. The van der Waals surface area contributed by atoms with Crippen molar-refractivity contribution in [1.29, 1.82) is 0 Å². The van der Waals surface area contributed by atoms with E-state index in [9.17, 15) is 0 Å². The van der Waals surface area contributed by atoms with Gasteiger partial charge in [-0.3, -0.25) is 4.90 Å². The van der Waals surface area contributed by atoms with E-state index in [4.69, 9.17) is 4.74 Å². The van der Waals surface area contributed by atoms with Crippen LogP contribution < -0.4 is 5.32 Å². The third-order valence-electron chi connectivity index (χ3n) is 3.45. The summed E-state index contributed by atoms with van der Waals surface area (Å²) in [5.41, 5.74) is 0. The quantitative estimate of drug-likeness (QED) is 0.775. The lowest BCUT2D eigenvalue weighted by Gasteiger charge is -2.33. The number of morpholine rings is 1. The first-order chi connectivity index (χ1) is 8.42. The van der Waals surface area contributed by atoms with Gasteiger partial charge in [0, 0.05) is 38.1 Å². The van der Waals surface area contributed by atoms with Crippen molar-refractivity contribution in [1.82, 2.24) is 20.2 Å². The SMILES string of the molecule is c1c[nH]c(CNCC2CN(C3CC3)CCO2)n1. The third-order valence-corrected chi connectivity index (χ3v) is 3.45. The Balaban J connectivity index is 1.39. The molecule has 2 heterocycles. The maximum Gasteiger partial charge on any atom is 0.120 e. The van der Waals surface area contributed by atoms with Crippen LogP contribution in [0.4, 0.5) is 0 Å². The standard InChI is InChI=1S/C12H20N4O/c1-2-10(1)16-5-6-17-11(9-16)7-13-8-12-14-3-4-15-12/h3-4,10-11,13H,1-2,5-9H2,(H,14,15). The average molecular weight is 236 g/mol. The Morgan fingerprint density at radius 2 is 2.47 bits per heavy atom. The number of nitrogens with one attached hydrogen (secondary N) is 2. The number of nitrogens with zero attached hydrogens (tertiary/aromatic N) is 2. The van der Waals surface area contributed by atoms with E-state index in [0.717, 1.165) is 44.7 Å². The number of rotatable bonds is 5. The first-order valence-corrected chi connectivity index (χ1v) is 6.46. The summed E-state index contributed by atoms with van der Waals surface area (Å²) >= 11 is 0. The molecule has 0 bridgehead atoms. The molecule has 1 saturated carbocycles. The van der Waals surface area contributed by atoms with E-state index in [0.29, 0.717) is 6.10 Å². The summed E-state index contributed by atoms with van der Waals surface area (Å²) in [4.78, 5) is 9.84. The first-order valence-electron chi connectivity index (χ1n) is 6.46. The fourth-order valence-corrected chi connectivity index (χ4v) is 2.38. The first kappa shape index (κ1) is 11.2. The van der Waals surface area contributed by atoms with E-state index < -0.39 is 0 Å². The molecule has 1 aromatic rings. The van der Waals surface area contributed by atoms with E-state index in [-0.39, 0.29) is 0 Å². The monoisotopic (exact) mass is 236 g/mol. The second kappa shape index (κ2) is 5.16. The van der Waals surface area contributed by atoms with E-state index in [1.165, 1.54) is 12.8 Å². The number of hydrogen-bond acceptors (Lipinski definition) is 4. The normalized spacial score (nSPS) is 26.2. The molecule has 1 unspecified atom stereocenters. The Kier molecular flexibility index (Phi) is 3.40. The number of imidazole rings is 1. The smallest absolute Gasteiger partial charge is 0.120 e. The van der Waals surface area contributed by atoms with Crippen LogP contribution in [0.5, 0.6) is 0 Å². The minimum Gasteiger partial charge on any atom is -0.374 e. The molecule has 0 amide bonds. The van der Waals surface area contributed by atoms with Crippen LogP contribution in [0.3, 0.4) is 0 Å². The minimum atomic E-state index is 0.333. The van der Waals surface area contributed by atoms with Gasteiger partial charge >= 0.3 is 0 Å². The van der Waals surface area contributed by atoms with Gasteiger partial charge in [-0.05, 0) is 12.8 Å². The van der Waals surface area contributed by atoms with Gasteiger partial charge in [-0.1, -0.05) is 0 Å². The largest absolute Gasteiger partial charge is 0.374 e. The molecule has 17 heavy (non-hydrogen) atoms. The highest BCUT2D eigenvalue weighted by Crippen LogP contribution is 2.27. The molecule has 1 atom stereocenters. The number of aromatic amines is 1. The molecular formula is C12H20N4O. The zero-order chi connectivity index (χ0) is 11.5. The zero-order valence-electron chi connectivity index (χ0n) is 10.1. The summed E-state index contributed by atoms with van der Waals surface area (Å²) in [5.74, 6) is 0.986. The fraction of sp³-hybridized carbons (Fsp3) is 0.750. The summed E-state index contributed by atoms with van der Waals surface area (Å²) in [6, 6.07) is 0.853. The number of ether oxygens (including phenoxy) is 1. The molecule has 2 fully saturated rings. The van der Waals surface area contributed by atoms with Crippen LogP contribution in [0.25, 0.3) is 0 Å². The Morgan fingerprint density at radius 3 is 3.24 bits per heavy atom. The van der Waals surface area contributed by atoms with Crippen LogP contribution in [-0.4, -0.2) is 53.3 Å². The Bertz CT molecular complexity index is 336. The van der Waals surface area contributed by atoms with Crippen molar-refractivity contribution in [3.05, 3.63) is 18.2 Å². The van der Waals surface area contributed by atoms with Gasteiger partial charge in [0.15, 0.2) is 0 Å². The van der Waals surface area contributed by atoms with Crippen LogP contribution in [0.2, 0.25) is 0 Å². The molecule has 3 rings (SSSR count). The molecule has 0 spiro atoms. The second-order valence-corrected chi connectivity index (χ2v) is 4.89. The molecule has 5 heteroatoms. The topological polar surface area (TPSA) is 53.2 Å². The highest BCUT2D eigenvalue weighted by atomic mass is 16.5. The van der Waals surface area contributed by atoms with E-state index in [1.807, 2.05) is 6.20 Å². The van der Waals surface area contributed by atoms with Gasteiger partial charge in [0.1, 0.15) is 5.82 Å². The molecule has 5 nitrogen and oxygen atoms in total. The lowest BCUT2D eigenvalue weighted by molar-refractivity contribution is -0.0302.